The largest absolute Gasteiger partial charge is 0.469 e. The Labute approximate surface area is 119 Å². The fourth-order valence-corrected chi connectivity index (χ4v) is 1.49. The summed E-state index contributed by atoms with van der Waals surface area (Å²) in [6, 6.07) is 2.88. The average Bonchev–Trinajstić information content (AvgIpc) is 2.34. The van der Waals surface area contributed by atoms with E-state index in [4.69, 9.17) is 40.0 Å². The lowest BCUT2D eigenvalue weighted by atomic mass is 10.2. The van der Waals surface area contributed by atoms with Gasteiger partial charge in [0, 0.05) is 6.92 Å². The maximum Gasteiger partial charge on any atom is 0.302 e. The fraction of sp³-hybridized carbons (Fsp3) is 0.200. The molecule has 0 fully saturated rings. The van der Waals surface area contributed by atoms with E-state index in [1.807, 2.05) is 0 Å². The van der Waals surface area contributed by atoms with E-state index in [0.717, 1.165) is 0 Å². The molecule has 8 heteroatoms. The number of hydrogen-bond acceptors (Lipinski definition) is 4. The van der Waals surface area contributed by atoms with E-state index in [1.54, 1.807) is 0 Å². The summed E-state index contributed by atoms with van der Waals surface area (Å²) in [4.78, 5) is 20.6. The van der Waals surface area contributed by atoms with Crippen LogP contribution in [0.3, 0.4) is 0 Å². The van der Waals surface area contributed by atoms with Gasteiger partial charge in [0.1, 0.15) is 0 Å². The van der Waals surface area contributed by atoms with E-state index in [9.17, 15) is 9.59 Å². The molecule has 0 aliphatic carbocycles. The molecular formula is C10H10Cl3NO4. The summed E-state index contributed by atoms with van der Waals surface area (Å²) in [5.74, 6) is -1.04. The van der Waals surface area contributed by atoms with Crippen LogP contribution in [0.4, 0.5) is 0 Å². The zero-order valence-corrected chi connectivity index (χ0v) is 11.7. The molecule has 2 N–H and O–H groups in total. The summed E-state index contributed by atoms with van der Waals surface area (Å²) in [6.07, 6.45) is 0. The number of carbonyl (C=O) groups is 2. The first-order chi connectivity index (χ1) is 8.34. The summed E-state index contributed by atoms with van der Waals surface area (Å²) in [5, 5.41) is 8.71. The topological polar surface area (TPSA) is 75.6 Å². The van der Waals surface area contributed by atoms with Crippen molar-refractivity contribution in [2.75, 3.05) is 7.11 Å². The summed E-state index contributed by atoms with van der Waals surface area (Å²) in [6.45, 7) is 1.36. The lowest BCUT2D eigenvalue weighted by Crippen LogP contribution is -2.19. The second-order valence-corrected chi connectivity index (χ2v) is 4.05. The van der Waals surface area contributed by atoms with E-state index < -0.39 is 5.91 Å². The Bertz CT molecular complexity index is 451. The Morgan fingerprint density at radius 1 is 1.22 bits per heavy atom. The van der Waals surface area contributed by atoms with Crippen LogP contribution in [-0.4, -0.2) is 24.2 Å². The van der Waals surface area contributed by atoms with Crippen molar-refractivity contribution >= 4 is 46.7 Å². The minimum absolute atomic E-state index is 0.0146. The standard InChI is InChI=1S/C7H4Cl3NO2.C3H6O2/c8-3-1-2-4(9)6(10)5(3)7(12)11-13;1-3(4)5-2/h1-2,13H,(H,11,12);1-2H3. The molecule has 1 aromatic carbocycles. The highest BCUT2D eigenvalue weighted by Gasteiger charge is 2.16. The number of hydrogen-bond donors (Lipinski definition) is 2. The van der Waals surface area contributed by atoms with Crippen molar-refractivity contribution < 1.29 is 19.5 Å². The molecule has 0 aliphatic heterocycles. The van der Waals surface area contributed by atoms with Crippen LogP contribution in [0.5, 0.6) is 0 Å². The van der Waals surface area contributed by atoms with Crippen LogP contribution in [0.2, 0.25) is 15.1 Å². The van der Waals surface area contributed by atoms with Crippen LogP contribution >= 0.6 is 34.8 Å². The normalized spacial score (nSPS) is 9.00. The molecule has 0 unspecified atom stereocenters. The van der Waals surface area contributed by atoms with E-state index in [2.05, 4.69) is 4.74 Å². The molecular weight excluding hydrogens is 304 g/mol. The van der Waals surface area contributed by atoms with Gasteiger partial charge in [-0.05, 0) is 12.1 Å². The number of rotatable bonds is 1. The van der Waals surface area contributed by atoms with E-state index >= 15 is 0 Å². The number of benzene rings is 1. The monoisotopic (exact) mass is 313 g/mol. The van der Waals surface area contributed by atoms with Gasteiger partial charge in [0.2, 0.25) is 0 Å². The molecule has 0 atom stereocenters. The maximum atomic E-state index is 11.0. The highest BCUT2D eigenvalue weighted by atomic mass is 35.5. The Kier molecular flexibility index (Phi) is 7.70. The summed E-state index contributed by atoms with van der Waals surface area (Å²) < 4.78 is 4.11. The van der Waals surface area contributed by atoms with Gasteiger partial charge in [0.05, 0.1) is 27.7 Å². The third-order valence-corrected chi connectivity index (χ3v) is 2.78. The first kappa shape index (κ1) is 17.0. The number of amides is 1. The summed E-state index contributed by atoms with van der Waals surface area (Å²) >= 11 is 17.0. The van der Waals surface area contributed by atoms with Crippen LogP contribution in [0.15, 0.2) is 12.1 Å². The zero-order valence-electron chi connectivity index (χ0n) is 9.46. The number of ether oxygens (including phenoxy) is 1. The van der Waals surface area contributed by atoms with Gasteiger partial charge in [-0.2, -0.15) is 0 Å². The molecule has 0 heterocycles. The van der Waals surface area contributed by atoms with Crippen LogP contribution in [0.25, 0.3) is 0 Å². The van der Waals surface area contributed by atoms with Crippen LogP contribution in [-0.2, 0) is 9.53 Å². The lowest BCUT2D eigenvalue weighted by molar-refractivity contribution is -0.137. The first-order valence-corrected chi connectivity index (χ1v) is 5.61. The van der Waals surface area contributed by atoms with Gasteiger partial charge >= 0.3 is 5.97 Å². The zero-order chi connectivity index (χ0) is 14.3. The number of carbonyl (C=O) groups excluding carboxylic acids is 2. The van der Waals surface area contributed by atoms with Gasteiger partial charge in [-0.15, -0.1) is 0 Å². The summed E-state index contributed by atoms with van der Waals surface area (Å²) in [5.41, 5.74) is 1.38. The van der Waals surface area contributed by atoms with E-state index in [1.165, 1.54) is 31.6 Å². The lowest BCUT2D eigenvalue weighted by Gasteiger charge is -2.05. The van der Waals surface area contributed by atoms with Gasteiger partial charge < -0.3 is 4.74 Å². The van der Waals surface area contributed by atoms with Gasteiger partial charge in [0.25, 0.3) is 5.91 Å². The molecule has 0 saturated carbocycles. The minimum atomic E-state index is -0.794. The summed E-state index contributed by atoms with van der Waals surface area (Å²) in [7, 11) is 1.35. The van der Waals surface area contributed by atoms with Gasteiger partial charge in [0.15, 0.2) is 0 Å². The van der Waals surface area contributed by atoms with Crippen molar-refractivity contribution in [1.29, 1.82) is 0 Å². The highest BCUT2D eigenvalue weighted by Crippen LogP contribution is 2.30. The van der Waals surface area contributed by atoms with E-state index in [0.29, 0.717) is 0 Å². The van der Waals surface area contributed by atoms with Crippen molar-refractivity contribution in [3.05, 3.63) is 32.8 Å². The third-order valence-electron chi connectivity index (χ3n) is 1.66. The molecule has 5 nitrogen and oxygen atoms in total. The number of esters is 1. The van der Waals surface area contributed by atoms with E-state index in [-0.39, 0.29) is 26.6 Å². The van der Waals surface area contributed by atoms with Crippen molar-refractivity contribution in [2.24, 2.45) is 0 Å². The fourth-order valence-electron chi connectivity index (χ4n) is 0.791. The second-order valence-electron chi connectivity index (χ2n) is 2.85. The second kappa shape index (κ2) is 8.16. The van der Waals surface area contributed by atoms with Crippen molar-refractivity contribution in [3.63, 3.8) is 0 Å². The van der Waals surface area contributed by atoms with Gasteiger partial charge in [-0.1, -0.05) is 34.8 Å². The maximum absolute atomic E-state index is 11.0. The quantitative estimate of drug-likeness (QED) is 0.362. The van der Waals surface area contributed by atoms with Gasteiger partial charge in [-0.25, -0.2) is 5.48 Å². The molecule has 1 amide bonds. The molecule has 18 heavy (non-hydrogen) atoms. The smallest absolute Gasteiger partial charge is 0.302 e. The molecule has 0 spiro atoms. The van der Waals surface area contributed by atoms with Gasteiger partial charge in [-0.3, -0.25) is 14.8 Å². The van der Waals surface area contributed by atoms with Crippen LogP contribution in [0.1, 0.15) is 17.3 Å². The number of methoxy groups -OCH3 is 1. The Morgan fingerprint density at radius 3 is 2.06 bits per heavy atom. The first-order valence-electron chi connectivity index (χ1n) is 4.47. The third kappa shape index (κ3) is 5.10. The molecule has 0 aliphatic rings. The van der Waals surface area contributed by atoms with Crippen molar-refractivity contribution in [1.82, 2.24) is 5.48 Å². The molecule has 0 aromatic heterocycles. The predicted octanol–water partition coefficient (Wildman–Crippen LogP) is 2.95. The molecule has 0 saturated heterocycles. The van der Waals surface area contributed by atoms with Crippen molar-refractivity contribution in [3.8, 4) is 0 Å². The molecule has 0 radical (unpaired) electrons. The Hall–Kier alpha value is -1.01. The Balaban J connectivity index is 0.000000494. The number of nitrogens with one attached hydrogen (secondary N) is 1. The Morgan fingerprint density at radius 2 is 1.67 bits per heavy atom. The molecule has 1 aromatic rings. The van der Waals surface area contributed by atoms with Crippen LogP contribution < -0.4 is 5.48 Å². The van der Waals surface area contributed by atoms with Crippen LogP contribution in [0, 0.1) is 0 Å². The SMILES string of the molecule is COC(C)=O.O=C(NO)c1c(Cl)ccc(Cl)c1Cl. The molecule has 0 bridgehead atoms. The average molecular weight is 315 g/mol. The highest BCUT2D eigenvalue weighted by molar-refractivity contribution is 6.46. The number of hydroxylamine groups is 1. The number of halogens is 3. The predicted molar refractivity (Wildman–Crippen MR) is 68.4 cm³/mol. The minimum Gasteiger partial charge on any atom is -0.469 e. The molecule has 1 rings (SSSR count). The van der Waals surface area contributed by atoms with Crippen molar-refractivity contribution in [2.45, 2.75) is 6.92 Å². The molecule has 100 valence electrons.